The van der Waals surface area contributed by atoms with Crippen LogP contribution in [0.15, 0.2) is 29.4 Å². The third-order valence-electron chi connectivity index (χ3n) is 2.08. The first kappa shape index (κ1) is 11.7. The summed E-state index contributed by atoms with van der Waals surface area (Å²) in [6.45, 7) is 4.32. The number of oxime groups is 1. The number of nitrogens with zero attached hydrogens (tertiary/aromatic N) is 1. The molecule has 0 aromatic heterocycles. The summed E-state index contributed by atoms with van der Waals surface area (Å²) >= 11 is 0. The maximum atomic E-state index is 8.56. The molecule has 0 bridgehead atoms. The van der Waals surface area contributed by atoms with Crippen molar-refractivity contribution in [2.45, 2.75) is 20.3 Å². The predicted molar refractivity (Wildman–Crippen MR) is 61.0 cm³/mol. The lowest BCUT2D eigenvalue weighted by Crippen LogP contribution is -2.02. The van der Waals surface area contributed by atoms with E-state index in [1.54, 1.807) is 0 Å². The van der Waals surface area contributed by atoms with Gasteiger partial charge in [-0.1, -0.05) is 41.9 Å². The van der Waals surface area contributed by atoms with Crippen molar-refractivity contribution in [1.82, 2.24) is 0 Å². The number of hydrogen-bond donors (Lipinski definition) is 1. The lowest BCUT2D eigenvalue weighted by molar-refractivity contribution is 0.0984. The first-order chi connectivity index (χ1) is 7.27. The summed E-state index contributed by atoms with van der Waals surface area (Å²) in [4.78, 5) is 4.96. The van der Waals surface area contributed by atoms with E-state index in [4.69, 9.17) is 9.94 Å². The molecular formula is C12H17NO2. The summed E-state index contributed by atoms with van der Waals surface area (Å²) in [5.74, 6) is 0. The zero-order valence-corrected chi connectivity index (χ0v) is 9.23. The monoisotopic (exact) mass is 207 g/mol. The van der Waals surface area contributed by atoms with Crippen LogP contribution in [0.2, 0.25) is 0 Å². The maximum absolute atomic E-state index is 8.56. The molecule has 0 aliphatic heterocycles. The van der Waals surface area contributed by atoms with E-state index in [2.05, 4.69) is 12.1 Å². The minimum Gasteiger partial charge on any atom is -0.393 e. The topological polar surface area (TPSA) is 41.8 Å². The van der Waals surface area contributed by atoms with Crippen molar-refractivity contribution in [1.29, 1.82) is 0 Å². The Morgan fingerprint density at radius 2 is 2.00 bits per heavy atom. The first-order valence-electron chi connectivity index (χ1n) is 5.14. The molecule has 1 N–H and O–H groups in total. The normalized spacial score (nSPS) is 11.5. The largest absolute Gasteiger partial charge is 0.393 e. The van der Waals surface area contributed by atoms with E-state index in [-0.39, 0.29) is 13.2 Å². The van der Waals surface area contributed by atoms with Crippen LogP contribution >= 0.6 is 0 Å². The molecular weight excluding hydrogens is 190 g/mol. The molecule has 0 radical (unpaired) electrons. The lowest BCUT2D eigenvalue weighted by Gasteiger charge is -2.04. The van der Waals surface area contributed by atoms with Gasteiger partial charge in [0.15, 0.2) is 0 Å². The van der Waals surface area contributed by atoms with E-state index in [9.17, 15) is 0 Å². The Labute approximate surface area is 90.4 Å². The Morgan fingerprint density at radius 1 is 1.33 bits per heavy atom. The number of hydrogen-bond acceptors (Lipinski definition) is 3. The second-order valence-corrected chi connectivity index (χ2v) is 3.31. The number of aliphatic hydroxyl groups excluding tert-OH is 1. The van der Waals surface area contributed by atoms with E-state index in [1.807, 2.05) is 31.2 Å². The summed E-state index contributed by atoms with van der Waals surface area (Å²) in [6.07, 6.45) is 0.814. The summed E-state index contributed by atoms with van der Waals surface area (Å²) in [5, 5.41) is 12.6. The Balaban J connectivity index is 2.73. The summed E-state index contributed by atoms with van der Waals surface area (Å²) < 4.78 is 0. The van der Waals surface area contributed by atoms with Gasteiger partial charge in [0.1, 0.15) is 6.61 Å². The molecule has 82 valence electrons. The molecule has 0 atom stereocenters. The van der Waals surface area contributed by atoms with Crippen LogP contribution in [0.3, 0.4) is 0 Å². The molecule has 0 heterocycles. The smallest absolute Gasteiger partial charge is 0.140 e. The molecule has 3 heteroatoms. The minimum atomic E-state index is -0.00556. The fourth-order valence-electron chi connectivity index (χ4n) is 1.23. The van der Waals surface area contributed by atoms with E-state index in [0.717, 1.165) is 17.7 Å². The number of aryl methyl sites for hydroxylation is 1. The highest BCUT2D eigenvalue weighted by molar-refractivity contribution is 6.00. The maximum Gasteiger partial charge on any atom is 0.140 e. The molecule has 1 aromatic carbocycles. The van der Waals surface area contributed by atoms with Crippen LogP contribution in [-0.4, -0.2) is 24.0 Å². The van der Waals surface area contributed by atoms with E-state index >= 15 is 0 Å². The van der Waals surface area contributed by atoms with E-state index in [0.29, 0.717) is 0 Å². The molecule has 3 nitrogen and oxygen atoms in total. The SMILES string of the molecule is CCC(=NOCCO)c1ccc(C)cc1. The van der Waals surface area contributed by atoms with E-state index in [1.165, 1.54) is 5.56 Å². The third-order valence-corrected chi connectivity index (χ3v) is 2.08. The van der Waals surface area contributed by atoms with Crippen molar-refractivity contribution in [3.05, 3.63) is 35.4 Å². The Bertz CT molecular complexity index is 317. The van der Waals surface area contributed by atoms with Crippen LogP contribution < -0.4 is 0 Å². The van der Waals surface area contributed by atoms with Gasteiger partial charge in [-0.25, -0.2) is 0 Å². The lowest BCUT2D eigenvalue weighted by atomic mass is 10.1. The summed E-state index contributed by atoms with van der Waals surface area (Å²) in [7, 11) is 0. The predicted octanol–water partition coefficient (Wildman–Crippen LogP) is 2.12. The zero-order chi connectivity index (χ0) is 11.1. The Hall–Kier alpha value is -1.35. The summed E-state index contributed by atoms with van der Waals surface area (Å²) in [5.41, 5.74) is 3.20. The van der Waals surface area contributed by atoms with Crippen LogP contribution in [0.5, 0.6) is 0 Å². The molecule has 0 saturated heterocycles. The number of aliphatic hydroxyl groups is 1. The van der Waals surface area contributed by atoms with Crippen molar-refractivity contribution < 1.29 is 9.94 Å². The van der Waals surface area contributed by atoms with Crippen LogP contribution in [0.4, 0.5) is 0 Å². The fourth-order valence-corrected chi connectivity index (χ4v) is 1.23. The minimum absolute atomic E-state index is 0.00556. The molecule has 1 rings (SSSR count). The van der Waals surface area contributed by atoms with Crippen LogP contribution in [0.1, 0.15) is 24.5 Å². The van der Waals surface area contributed by atoms with Crippen molar-refractivity contribution in [3.8, 4) is 0 Å². The molecule has 0 saturated carbocycles. The average molecular weight is 207 g/mol. The quantitative estimate of drug-likeness (QED) is 0.456. The van der Waals surface area contributed by atoms with Gasteiger partial charge in [0.05, 0.1) is 12.3 Å². The van der Waals surface area contributed by atoms with E-state index < -0.39 is 0 Å². The van der Waals surface area contributed by atoms with Gasteiger partial charge in [-0.05, 0) is 18.9 Å². The first-order valence-corrected chi connectivity index (χ1v) is 5.14. The van der Waals surface area contributed by atoms with Crippen molar-refractivity contribution >= 4 is 5.71 Å². The van der Waals surface area contributed by atoms with Gasteiger partial charge in [0.2, 0.25) is 0 Å². The van der Waals surface area contributed by atoms with Crippen molar-refractivity contribution in [2.75, 3.05) is 13.2 Å². The van der Waals surface area contributed by atoms with Gasteiger partial charge in [-0.15, -0.1) is 0 Å². The summed E-state index contributed by atoms with van der Waals surface area (Å²) in [6, 6.07) is 8.15. The third kappa shape index (κ3) is 3.72. The van der Waals surface area contributed by atoms with Gasteiger partial charge in [0, 0.05) is 0 Å². The highest BCUT2D eigenvalue weighted by Gasteiger charge is 2.00. The molecule has 0 fully saturated rings. The second-order valence-electron chi connectivity index (χ2n) is 3.31. The van der Waals surface area contributed by atoms with Gasteiger partial charge < -0.3 is 9.94 Å². The standard InChI is InChI=1S/C12H17NO2/c1-3-12(13-15-9-8-14)11-6-4-10(2)5-7-11/h4-7,14H,3,8-9H2,1-2H3. The fraction of sp³-hybridized carbons (Fsp3) is 0.417. The van der Waals surface area contributed by atoms with Crippen LogP contribution in [0, 0.1) is 6.92 Å². The molecule has 0 aliphatic rings. The molecule has 0 spiro atoms. The molecule has 15 heavy (non-hydrogen) atoms. The Kier molecular flexibility index (Phi) is 4.84. The van der Waals surface area contributed by atoms with Crippen LogP contribution in [0.25, 0.3) is 0 Å². The molecule has 0 amide bonds. The van der Waals surface area contributed by atoms with Crippen molar-refractivity contribution in [3.63, 3.8) is 0 Å². The zero-order valence-electron chi connectivity index (χ0n) is 9.23. The average Bonchev–Trinajstić information content (AvgIpc) is 2.26. The number of benzene rings is 1. The van der Waals surface area contributed by atoms with Gasteiger partial charge in [0.25, 0.3) is 0 Å². The van der Waals surface area contributed by atoms with Gasteiger partial charge in [-0.2, -0.15) is 0 Å². The number of rotatable bonds is 5. The van der Waals surface area contributed by atoms with Crippen molar-refractivity contribution in [2.24, 2.45) is 5.16 Å². The van der Waals surface area contributed by atoms with Crippen LogP contribution in [-0.2, 0) is 4.84 Å². The van der Waals surface area contributed by atoms with Gasteiger partial charge >= 0.3 is 0 Å². The molecule has 1 aromatic rings. The van der Waals surface area contributed by atoms with Gasteiger partial charge in [-0.3, -0.25) is 0 Å². The highest BCUT2D eigenvalue weighted by atomic mass is 16.6. The molecule has 0 aliphatic carbocycles. The Morgan fingerprint density at radius 3 is 2.53 bits per heavy atom. The molecule has 0 unspecified atom stereocenters. The highest BCUT2D eigenvalue weighted by Crippen LogP contribution is 2.07. The second kappa shape index (κ2) is 6.19.